The monoisotopic (exact) mass is 292 g/mol. The molecular formula is C14H28O6. The lowest BCUT2D eigenvalue weighted by molar-refractivity contribution is -0.498. The summed E-state index contributed by atoms with van der Waals surface area (Å²) in [6, 6.07) is 0. The summed E-state index contributed by atoms with van der Waals surface area (Å²) in [4.78, 5) is 31.4. The van der Waals surface area contributed by atoms with Gasteiger partial charge in [0.05, 0.1) is 13.2 Å². The molecule has 120 valence electrons. The summed E-state index contributed by atoms with van der Waals surface area (Å²) in [5.41, 5.74) is 0. The van der Waals surface area contributed by atoms with Crippen molar-refractivity contribution >= 4 is 5.97 Å². The smallest absolute Gasteiger partial charge is 0.370 e. The van der Waals surface area contributed by atoms with Gasteiger partial charge in [0, 0.05) is 6.42 Å². The molecule has 6 nitrogen and oxygen atoms in total. The van der Waals surface area contributed by atoms with Crippen molar-refractivity contribution in [2.24, 2.45) is 0 Å². The van der Waals surface area contributed by atoms with Gasteiger partial charge in [-0.2, -0.15) is 9.78 Å². The van der Waals surface area contributed by atoms with Gasteiger partial charge in [0.2, 0.25) is 0 Å². The van der Waals surface area contributed by atoms with E-state index in [9.17, 15) is 9.90 Å². The summed E-state index contributed by atoms with van der Waals surface area (Å²) >= 11 is 0. The minimum absolute atomic E-state index is 0.178. The Kier molecular flexibility index (Phi) is 11.7. The Balaban J connectivity index is 4.46. The van der Waals surface area contributed by atoms with Gasteiger partial charge in [0.25, 0.3) is 0 Å². The van der Waals surface area contributed by atoms with E-state index < -0.39 is 11.8 Å². The molecule has 0 fully saturated rings. The van der Waals surface area contributed by atoms with E-state index >= 15 is 0 Å². The number of unbranched alkanes of at least 4 members (excludes halogenated alkanes) is 3. The zero-order chi connectivity index (χ0) is 15.3. The lowest BCUT2D eigenvalue weighted by Gasteiger charge is -2.26. The molecule has 0 amide bonds. The first kappa shape index (κ1) is 19.3. The number of hydrogen-bond donors (Lipinski definition) is 1. The summed E-state index contributed by atoms with van der Waals surface area (Å²) in [6.07, 6.45) is 5.10. The summed E-state index contributed by atoms with van der Waals surface area (Å²) < 4.78 is 0. The number of carboxylic acid groups (broad SMARTS) is 1. The molecule has 0 unspecified atom stereocenters. The van der Waals surface area contributed by atoms with Crippen molar-refractivity contribution in [3.05, 3.63) is 0 Å². The van der Waals surface area contributed by atoms with E-state index in [0.29, 0.717) is 19.6 Å². The molecule has 0 aromatic carbocycles. The Morgan fingerprint density at radius 1 is 0.900 bits per heavy atom. The third-order valence-corrected chi connectivity index (χ3v) is 2.73. The summed E-state index contributed by atoms with van der Waals surface area (Å²) in [5.74, 6) is -3.11. The van der Waals surface area contributed by atoms with Crippen LogP contribution in [0.2, 0.25) is 0 Å². The van der Waals surface area contributed by atoms with Gasteiger partial charge in [-0.3, -0.25) is 0 Å². The molecule has 0 saturated heterocycles. The number of carboxylic acids is 1. The van der Waals surface area contributed by atoms with Crippen LogP contribution in [0.4, 0.5) is 0 Å². The third kappa shape index (κ3) is 7.79. The molecule has 0 aliphatic heterocycles. The van der Waals surface area contributed by atoms with Crippen LogP contribution < -0.4 is 0 Å². The van der Waals surface area contributed by atoms with Gasteiger partial charge in [-0.05, 0) is 19.3 Å². The van der Waals surface area contributed by atoms with Crippen LogP contribution in [-0.4, -0.2) is 30.1 Å². The number of aliphatic carboxylic acids is 1. The maximum atomic E-state index is 11.4. The average Bonchev–Trinajstić information content (AvgIpc) is 2.44. The van der Waals surface area contributed by atoms with Gasteiger partial charge in [-0.25, -0.2) is 14.6 Å². The van der Waals surface area contributed by atoms with Crippen LogP contribution >= 0.6 is 0 Å². The van der Waals surface area contributed by atoms with Crippen molar-refractivity contribution < 1.29 is 29.5 Å². The average molecular weight is 292 g/mol. The molecule has 0 aromatic heterocycles. The second-order valence-corrected chi connectivity index (χ2v) is 4.68. The van der Waals surface area contributed by atoms with Crippen molar-refractivity contribution in [3.63, 3.8) is 0 Å². The van der Waals surface area contributed by atoms with E-state index in [4.69, 9.17) is 19.6 Å². The van der Waals surface area contributed by atoms with Crippen LogP contribution in [0, 0.1) is 0 Å². The fourth-order valence-corrected chi connectivity index (χ4v) is 1.37. The summed E-state index contributed by atoms with van der Waals surface area (Å²) in [7, 11) is 0. The quantitative estimate of drug-likeness (QED) is 0.229. The maximum Gasteiger partial charge on any atom is 0.370 e. The molecule has 0 bridgehead atoms. The molecule has 0 heterocycles. The van der Waals surface area contributed by atoms with Gasteiger partial charge in [-0.1, -0.05) is 40.0 Å². The number of carbonyl (C=O) groups is 1. The van der Waals surface area contributed by atoms with Crippen molar-refractivity contribution in [1.82, 2.24) is 0 Å². The molecule has 1 N–H and O–H groups in total. The Morgan fingerprint density at radius 2 is 1.35 bits per heavy atom. The van der Waals surface area contributed by atoms with Crippen LogP contribution in [0.15, 0.2) is 0 Å². The van der Waals surface area contributed by atoms with Crippen LogP contribution in [-0.2, 0) is 24.3 Å². The highest BCUT2D eigenvalue weighted by Crippen LogP contribution is 2.23. The van der Waals surface area contributed by atoms with Gasteiger partial charge in [-0.15, -0.1) is 0 Å². The van der Waals surface area contributed by atoms with E-state index in [-0.39, 0.29) is 6.42 Å². The zero-order valence-electron chi connectivity index (χ0n) is 12.9. The van der Waals surface area contributed by atoms with E-state index in [1.54, 1.807) is 0 Å². The first-order chi connectivity index (χ1) is 9.63. The molecular weight excluding hydrogens is 264 g/mol. The van der Waals surface area contributed by atoms with Crippen LogP contribution in [0.1, 0.15) is 65.7 Å². The first-order valence-corrected chi connectivity index (χ1v) is 7.47. The first-order valence-electron chi connectivity index (χ1n) is 7.47. The summed E-state index contributed by atoms with van der Waals surface area (Å²) in [5, 5.41) is 9.35. The molecule has 0 atom stereocenters. The van der Waals surface area contributed by atoms with Gasteiger partial charge in [0.15, 0.2) is 0 Å². The van der Waals surface area contributed by atoms with Gasteiger partial charge in [0.1, 0.15) is 0 Å². The fraction of sp³-hybridized carbons (Fsp3) is 0.929. The van der Waals surface area contributed by atoms with Gasteiger partial charge >= 0.3 is 11.8 Å². The molecule has 0 rings (SSSR count). The van der Waals surface area contributed by atoms with E-state index in [0.717, 1.165) is 32.1 Å². The number of rotatable bonds is 14. The Hall–Kier alpha value is -0.690. The Morgan fingerprint density at radius 3 is 1.70 bits per heavy atom. The zero-order valence-corrected chi connectivity index (χ0v) is 12.9. The molecule has 0 aromatic rings. The highest BCUT2D eigenvalue weighted by molar-refractivity contribution is 5.75. The minimum Gasteiger partial charge on any atom is -0.477 e. The van der Waals surface area contributed by atoms with Crippen molar-refractivity contribution in [2.45, 2.75) is 71.5 Å². The van der Waals surface area contributed by atoms with E-state index in [2.05, 4.69) is 0 Å². The van der Waals surface area contributed by atoms with E-state index in [1.807, 2.05) is 20.8 Å². The van der Waals surface area contributed by atoms with Crippen molar-refractivity contribution in [3.8, 4) is 0 Å². The Bertz CT molecular complexity index is 232. The molecule has 20 heavy (non-hydrogen) atoms. The minimum atomic E-state index is -1.88. The van der Waals surface area contributed by atoms with Crippen molar-refractivity contribution in [2.75, 3.05) is 13.2 Å². The maximum absolute atomic E-state index is 11.4. The standard InChI is InChI=1S/C14H28O6/c1-4-7-10-14(13(15)16,19-17-11-8-5-2)20-18-12-9-6-3/h4-12H2,1-3H3,(H,15,16). The van der Waals surface area contributed by atoms with E-state index in [1.165, 1.54) is 0 Å². The van der Waals surface area contributed by atoms with Crippen LogP contribution in [0.3, 0.4) is 0 Å². The topological polar surface area (TPSA) is 74.2 Å². The predicted molar refractivity (Wildman–Crippen MR) is 73.8 cm³/mol. The summed E-state index contributed by atoms with van der Waals surface area (Å²) in [6.45, 7) is 6.64. The SMILES string of the molecule is CCCCOOC(CCCC)(OOCCCC)C(=O)O. The molecule has 0 radical (unpaired) electrons. The third-order valence-electron chi connectivity index (χ3n) is 2.73. The second-order valence-electron chi connectivity index (χ2n) is 4.68. The predicted octanol–water partition coefficient (Wildman–Crippen LogP) is 3.45. The molecule has 0 aliphatic carbocycles. The normalized spacial score (nSPS) is 11.8. The van der Waals surface area contributed by atoms with Gasteiger partial charge < -0.3 is 5.11 Å². The highest BCUT2D eigenvalue weighted by Gasteiger charge is 2.44. The lowest BCUT2D eigenvalue weighted by Crippen LogP contribution is -2.44. The molecule has 6 heteroatoms. The largest absolute Gasteiger partial charge is 0.477 e. The Labute approximate surface area is 121 Å². The molecule has 0 spiro atoms. The number of hydrogen-bond acceptors (Lipinski definition) is 5. The fourth-order valence-electron chi connectivity index (χ4n) is 1.37. The molecule has 0 aliphatic rings. The lowest BCUT2D eigenvalue weighted by atomic mass is 10.1. The van der Waals surface area contributed by atoms with Crippen LogP contribution in [0.5, 0.6) is 0 Å². The second kappa shape index (κ2) is 12.1. The van der Waals surface area contributed by atoms with Crippen molar-refractivity contribution in [1.29, 1.82) is 0 Å². The highest BCUT2D eigenvalue weighted by atomic mass is 17.3. The molecule has 0 saturated carbocycles. The van der Waals surface area contributed by atoms with Crippen LogP contribution in [0.25, 0.3) is 0 Å².